The van der Waals surface area contributed by atoms with Gasteiger partial charge in [-0.1, -0.05) is 12.1 Å². The van der Waals surface area contributed by atoms with Crippen LogP contribution in [0.3, 0.4) is 0 Å². The van der Waals surface area contributed by atoms with Crippen molar-refractivity contribution in [2.75, 3.05) is 19.5 Å². The topological polar surface area (TPSA) is 56.3 Å². The van der Waals surface area contributed by atoms with Gasteiger partial charge in [-0.05, 0) is 50.6 Å². The van der Waals surface area contributed by atoms with Crippen molar-refractivity contribution in [3.8, 4) is 22.8 Å². The third kappa shape index (κ3) is 3.83. The second-order valence-electron chi connectivity index (χ2n) is 7.02. The number of aromatic nitrogens is 2. The number of nitrogens with zero attached hydrogens (tertiary/aromatic N) is 2. The highest BCUT2D eigenvalue weighted by atomic mass is 35.5. The average molecular weight is 372 g/mol. The molecule has 0 saturated heterocycles. The molecule has 3 aromatic rings. The molecule has 0 amide bonds. The van der Waals surface area contributed by atoms with Gasteiger partial charge in [0.1, 0.15) is 0 Å². The molecule has 0 bridgehead atoms. The minimum Gasteiger partial charge on any atom is -0.493 e. The van der Waals surface area contributed by atoms with Crippen LogP contribution in [-0.2, 0) is 0 Å². The maximum absolute atomic E-state index is 6.18. The lowest BCUT2D eigenvalue weighted by Crippen LogP contribution is -2.25. The van der Waals surface area contributed by atoms with Gasteiger partial charge in [0.05, 0.1) is 25.4 Å². The van der Waals surface area contributed by atoms with Gasteiger partial charge >= 0.3 is 0 Å². The Morgan fingerprint density at radius 2 is 1.65 bits per heavy atom. The third-order valence-electron chi connectivity index (χ3n) is 3.83. The van der Waals surface area contributed by atoms with E-state index in [9.17, 15) is 0 Å². The highest BCUT2D eigenvalue weighted by molar-refractivity contribution is 6.28. The molecular weight excluding hydrogens is 350 g/mol. The number of ether oxygens (including phenoxy) is 2. The Bertz CT molecular complexity index is 952. The fourth-order valence-corrected chi connectivity index (χ4v) is 3.00. The van der Waals surface area contributed by atoms with E-state index < -0.39 is 0 Å². The van der Waals surface area contributed by atoms with E-state index in [1.165, 1.54) is 0 Å². The summed E-state index contributed by atoms with van der Waals surface area (Å²) in [6.07, 6.45) is 0. The first-order chi connectivity index (χ1) is 12.3. The number of hydrogen-bond donors (Lipinski definition) is 1. The van der Waals surface area contributed by atoms with Crippen molar-refractivity contribution in [3.63, 3.8) is 0 Å². The molecule has 2 aromatic carbocycles. The molecule has 5 nitrogen and oxygen atoms in total. The minimum absolute atomic E-state index is 0.0411. The first kappa shape index (κ1) is 18.3. The van der Waals surface area contributed by atoms with Gasteiger partial charge in [0.2, 0.25) is 5.28 Å². The Balaban J connectivity index is 2.20. The molecule has 0 atom stereocenters. The van der Waals surface area contributed by atoms with Gasteiger partial charge in [-0.25, -0.2) is 9.97 Å². The molecule has 0 unspecified atom stereocenters. The summed E-state index contributed by atoms with van der Waals surface area (Å²) in [7, 11) is 3.20. The van der Waals surface area contributed by atoms with E-state index in [1.54, 1.807) is 14.2 Å². The number of halogens is 1. The van der Waals surface area contributed by atoms with Crippen molar-refractivity contribution < 1.29 is 9.47 Å². The summed E-state index contributed by atoms with van der Waals surface area (Å²) < 4.78 is 10.8. The van der Waals surface area contributed by atoms with Crippen LogP contribution in [0.4, 0.5) is 5.69 Å². The molecule has 0 spiro atoms. The zero-order chi connectivity index (χ0) is 18.9. The number of anilines is 1. The van der Waals surface area contributed by atoms with Crippen molar-refractivity contribution in [1.82, 2.24) is 9.97 Å². The van der Waals surface area contributed by atoms with Crippen molar-refractivity contribution >= 4 is 28.2 Å². The largest absolute Gasteiger partial charge is 0.493 e. The first-order valence-corrected chi connectivity index (χ1v) is 8.66. The van der Waals surface area contributed by atoms with Gasteiger partial charge < -0.3 is 14.8 Å². The molecule has 0 radical (unpaired) electrons. The number of hydrogen-bond acceptors (Lipinski definition) is 5. The Labute approximate surface area is 158 Å². The SMILES string of the molecule is COc1cc2nc(Cl)nc(-c3cccc(NC(C)(C)C)c3)c2cc1OC. The summed E-state index contributed by atoms with van der Waals surface area (Å²) in [6, 6.07) is 11.8. The third-order valence-corrected chi connectivity index (χ3v) is 4.00. The molecule has 0 aliphatic heterocycles. The van der Waals surface area contributed by atoms with Gasteiger partial charge in [-0.3, -0.25) is 0 Å². The van der Waals surface area contributed by atoms with Crippen LogP contribution in [0.2, 0.25) is 5.28 Å². The van der Waals surface area contributed by atoms with Crippen LogP contribution in [0.5, 0.6) is 11.5 Å². The van der Waals surface area contributed by atoms with Crippen molar-refractivity contribution in [2.45, 2.75) is 26.3 Å². The Morgan fingerprint density at radius 1 is 0.962 bits per heavy atom. The zero-order valence-corrected chi connectivity index (χ0v) is 16.3. The molecule has 1 heterocycles. The maximum Gasteiger partial charge on any atom is 0.223 e. The van der Waals surface area contributed by atoms with E-state index in [0.717, 1.165) is 22.3 Å². The predicted octanol–water partition coefficient (Wildman–Crippen LogP) is 5.18. The van der Waals surface area contributed by atoms with E-state index in [4.69, 9.17) is 21.1 Å². The molecule has 26 heavy (non-hydrogen) atoms. The fraction of sp³-hybridized carbons (Fsp3) is 0.300. The van der Waals surface area contributed by atoms with Crippen molar-refractivity contribution in [2.24, 2.45) is 0 Å². The quantitative estimate of drug-likeness (QED) is 0.640. The smallest absolute Gasteiger partial charge is 0.223 e. The lowest BCUT2D eigenvalue weighted by molar-refractivity contribution is 0.356. The second kappa shape index (κ2) is 7.00. The molecule has 0 aliphatic rings. The standard InChI is InChI=1S/C20H22ClN3O2/c1-20(2,3)24-13-8-6-7-12(9-13)18-14-10-16(25-4)17(26-5)11-15(14)22-19(21)23-18/h6-11,24H,1-5H3. The summed E-state index contributed by atoms with van der Waals surface area (Å²) in [5.74, 6) is 1.22. The van der Waals surface area contributed by atoms with Gasteiger partial charge in [0.15, 0.2) is 11.5 Å². The summed E-state index contributed by atoms with van der Waals surface area (Å²) in [6.45, 7) is 6.36. The molecule has 6 heteroatoms. The van der Waals surface area contributed by atoms with E-state index in [-0.39, 0.29) is 10.8 Å². The average Bonchev–Trinajstić information content (AvgIpc) is 2.58. The summed E-state index contributed by atoms with van der Waals surface area (Å²) in [4.78, 5) is 8.80. The summed E-state index contributed by atoms with van der Waals surface area (Å²) in [5.41, 5.74) is 3.37. The molecule has 0 saturated carbocycles. The molecule has 1 aromatic heterocycles. The zero-order valence-electron chi connectivity index (χ0n) is 15.6. The number of methoxy groups -OCH3 is 2. The van der Waals surface area contributed by atoms with Crippen LogP contribution in [0.25, 0.3) is 22.2 Å². The normalized spacial score (nSPS) is 11.5. The highest BCUT2D eigenvalue weighted by Gasteiger charge is 2.15. The maximum atomic E-state index is 6.18. The van der Waals surface area contributed by atoms with Gasteiger partial charge in [-0.2, -0.15) is 0 Å². The number of nitrogens with one attached hydrogen (secondary N) is 1. The number of rotatable bonds is 4. The van der Waals surface area contributed by atoms with E-state index in [2.05, 4.69) is 42.1 Å². The van der Waals surface area contributed by atoms with Crippen LogP contribution in [0.15, 0.2) is 36.4 Å². The number of fused-ring (bicyclic) bond motifs is 1. The molecule has 0 fully saturated rings. The van der Waals surface area contributed by atoms with Crippen molar-refractivity contribution in [1.29, 1.82) is 0 Å². The van der Waals surface area contributed by atoms with Crippen LogP contribution >= 0.6 is 11.6 Å². The van der Waals surface area contributed by atoms with Crippen LogP contribution in [0.1, 0.15) is 20.8 Å². The van der Waals surface area contributed by atoms with E-state index >= 15 is 0 Å². The molecule has 1 N–H and O–H groups in total. The van der Waals surface area contributed by atoms with Crippen LogP contribution in [0, 0.1) is 0 Å². The van der Waals surface area contributed by atoms with Crippen LogP contribution < -0.4 is 14.8 Å². The Hall–Kier alpha value is -2.53. The monoisotopic (exact) mass is 371 g/mol. The lowest BCUT2D eigenvalue weighted by atomic mass is 10.0. The summed E-state index contributed by atoms with van der Waals surface area (Å²) >= 11 is 6.18. The first-order valence-electron chi connectivity index (χ1n) is 8.28. The van der Waals surface area contributed by atoms with Gasteiger partial charge in [-0.15, -0.1) is 0 Å². The molecule has 0 aliphatic carbocycles. The van der Waals surface area contributed by atoms with E-state index in [1.807, 2.05) is 30.3 Å². The lowest BCUT2D eigenvalue weighted by Gasteiger charge is -2.22. The fourth-order valence-electron chi connectivity index (χ4n) is 2.82. The van der Waals surface area contributed by atoms with Gasteiger partial charge in [0.25, 0.3) is 0 Å². The molecule has 136 valence electrons. The minimum atomic E-state index is -0.0411. The van der Waals surface area contributed by atoms with Gasteiger partial charge in [0, 0.05) is 28.2 Å². The second-order valence-corrected chi connectivity index (χ2v) is 7.36. The van der Waals surface area contributed by atoms with Crippen LogP contribution in [-0.4, -0.2) is 29.7 Å². The predicted molar refractivity (Wildman–Crippen MR) is 106 cm³/mol. The summed E-state index contributed by atoms with van der Waals surface area (Å²) in [5, 5.41) is 4.51. The Morgan fingerprint density at radius 3 is 2.31 bits per heavy atom. The highest BCUT2D eigenvalue weighted by Crippen LogP contribution is 2.36. The molecular formula is C20H22ClN3O2. The van der Waals surface area contributed by atoms with E-state index in [0.29, 0.717) is 17.0 Å². The van der Waals surface area contributed by atoms with Crippen molar-refractivity contribution in [3.05, 3.63) is 41.7 Å². The molecule has 3 rings (SSSR count). The number of benzene rings is 2. The Kier molecular flexibility index (Phi) is 4.92.